The molecule has 0 fully saturated rings. The maximum Gasteiger partial charge on any atom is 0.184 e. The molecule has 0 aliphatic heterocycles. The molecule has 0 amide bonds. The van der Waals surface area contributed by atoms with Gasteiger partial charge < -0.3 is 27.9 Å². The molecule has 4 unspecified atom stereocenters. The summed E-state index contributed by atoms with van der Waals surface area (Å²) in [5, 5.41) is 3.83. The highest BCUT2D eigenvalue weighted by Gasteiger charge is 2.40. The molecule has 7 nitrogen and oxygen atoms in total. The molecule has 0 aromatic rings. The quantitative estimate of drug-likeness (QED) is 0.271. The highest BCUT2D eigenvalue weighted by molar-refractivity contribution is 6.70. The normalized spacial score (nSPS) is 18.2. The molecule has 0 aromatic heterocycles. The van der Waals surface area contributed by atoms with Crippen molar-refractivity contribution in [1.82, 2.24) is 0 Å². The minimum atomic E-state index is -1.89. The number of hydrogen-bond donors (Lipinski definition) is 0. The van der Waals surface area contributed by atoms with Crippen LogP contribution in [0.25, 0.3) is 0 Å². The molecule has 150 valence electrons. The lowest BCUT2D eigenvalue weighted by molar-refractivity contribution is -0.111. The molecule has 0 N–H and O–H groups in total. The molecule has 0 heterocycles. The van der Waals surface area contributed by atoms with Crippen molar-refractivity contribution in [3.63, 3.8) is 0 Å². The fourth-order valence-corrected chi connectivity index (χ4v) is 4.65. The summed E-state index contributed by atoms with van der Waals surface area (Å²) < 4.78 is 29.6. The van der Waals surface area contributed by atoms with Gasteiger partial charge in [-0.1, -0.05) is 5.16 Å². The van der Waals surface area contributed by atoms with Gasteiger partial charge in [0.25, 0.3) is 0 Å². The Labute approximate surface area is 155 Å². The number of rotatable bonds is 13. The lowest BCUT2D eigenvalue weighted by Crippen LogP contribution is -2.56. The van der Waals surface area contributed by atoms with E-state index in [4.69, 9.17) is 27.9 Å². The Hall–Kier alpha value is -0.296. The number of oxime groups is 1. The third-order valence-corrected chi connectivity index (χ3v) is 5.19. The molecule has 0 saturated heterocycles. The van der Waals surface area contributed by atoms with Gasteiger partial charge in [-0.15, -0.1) is 0 Å². The monoisotopic (exact) mass is 395 g/mol. The smallest absolute Gasteiger partial charge is 0.184 e. The molecule has 4 atom stereocenters. The lowest BCUT2D eigenvalue weighted by atomic mass is 10.0. The van der Waals surface area contributed by atoms with Crippen molar-refractivity contribution in [2.45, 2.75) is 63.7 Å². The molecule has 25 heavy (non-hydrogen) atoms. The van der Waals surface area contributed by atoms with Crippen molar-refractivity contribution in [1.29, 1.82) is 0 Å². The second kappa shape index (κ2) is 11.4. The van der Waals surface area contributed by atoms with E-state index in [1.807, 2.05) is 0 Å². The highest BCUT2D eigenvalue weighted by atomic mass is 28.4. The Balaban J connectivity index is 5.75. The van der Waals surface area contributed by atoms with Crippen LogP contribution in [0.2, 0.25) is 39.3 Å². The van der Waals surface area contributed by atoms with E-state index in [9.17, 15) is 0 Å². The first-order chi connectivity index (χ1) is 11.5. The molecule has 0 saturated carbocycles. The van der Waals surface area contributed by atoms with Crippen molar-refractivity contribution in [2.24, 2.45) is 5.16 Å². The second-order valence-corrected chi connectivity index (χ2v) is 16.7. The summed E-state index contributed by atoms with van der Waals surface area (Å²) in [6, 6.07) is 0. The van der Waals surface area contributed by atoms with Gasteiger partial charge in [0, 0.05) is 21.3 Å². The SMILES string of the molecule is COCC(O[Si](C)(C)C)C(O[Si](C)(C)C)C(OC)C(/C=N/OC)OC. The van der Waals surface area contributed by atoms with Crippen LogP contribution < -0.4 is 0 Å². The van der Waals surface area contributed by atoms with Crippen LogP contribution in [0.5, 0.6) is 0 Å². The Morgan fingerprint density at radius 3 is 1.72 bits per heavy atom. The Morgan fingerprint density at radius 1 is 0.800 bits per heavy atom. The molecule has 0 aliphatic rings. The molecule has 0 bridgehead atoms. The van der Waals surface area contributed by atoms with Crippen molar-refractivity contribution >= 4 is 22.8 Å². The number of hydrogen-bond acceptors (Lipinski definition) is 7. The summed E-state index contributed by atoms with van der Waals surface area (Å²) in [6.45, 7) is 13.2. The summed E-state index contributed by atoms with van der Waals surface area (Å²) in [5.41, 5.74) is 0. The third kappa shape index (κ3) is 10.4. The molecular weight excluding hydrogens is 358 g/mol. The summed E-state index contributed by atoms with van der Waals surface area (Å²) in [4.78, 5) is 4.79. The minimum Gasteiger partial charge on any atom is -0.410 e. The van der Waals surface area contributed by atoms with E-state index in [-0.39, 0.29) is 12.2 Å². The van der Waals surface area contributed by atoms with Crippen LogP contribution in [0, 0.1) is 0 Å². The Morgan fingerprint density at radius 2 is 1.36 bits per heavy atom. The summed E-state index contributed by atoms with van der Waals surface area (Å²) in [7, 11) is 2.68. The fraction of sp³-hybridized carbons (Fsp3) is 0.938. The topological polar surface area (TPSA) is 67.7 Å². The largest absolute Gasteiger partial charge is 0.410 e. The van der Waals surface area contributed by atoms with E-state index >= 15 is 0 Å². The molecule has 9 heteroatoms. The second-order valence-electron chi connectivity index (χ2n) is 7.76. The number of nitrogens with zero attached hydrogens (tertiary/aromatic N) is 1. The van der Waals surface area contributed by atoms with Gasteiger partial charge in [0.1, 0.15) is 25.4 Å². The molecular formula is C16H37NO6Si2. The average molecular weight is 396 g/mol. The maximum absolute atomic E-state index is 6.46. The van der Waals surface area contributed by atoms with Crippen molar-refractivity contribution in [3.05, 3.63) is 0 Å². The van der Waals surface area contributed by atoms with E-state index in [0.29, 0.717) is 6.61 Å². The van der Waals surface area contributed by atoms with Crippen LogP contribution in [0.4, 0.5) is 0 Å². The first-order valence-corrected chi connectivity index (χ1v) is 15.3. The zero-order chi connectivity index (χ0) is 19.7. The first-order valence-electron chi connectivity index (χ1n) is 8.46. The lowest BCUT2D eigenvalue weighted by Gasteiger charge is -2.40. The van der Waals surface area contributed by atoms with Gasteiger partial charge in [-0.05, 0) is 39.3 Å². The molecule has 0 spiro atoms. The fourth-order valence-electron chi connectivity index (χ4n) is 2.43. The Kier molecular flexibility index (Phi) is 11.3. The molecule has 0 rings (SSSR count). The van der Waals surface area contributed by atoms with Gasteiger partial charge >= 0.3 is 0 Å². The number of ether oxygens (including phenoxy) is 3. The summed E-state index contributed by atoms with van der Waals surface area (Å²) >= 11 is 0. The summed E-state index contributed by atoms with van der Waals surface area (Å²) in [5.74, 6) is 0. The van der Waals surface area contributed by atoms with Crippen LogP contribution in [0.3, 0.4) is 0 Å². The van der Waals surface area contributed by atoms with Gasteiger partial charge in [0.05, 0.1) is 18.9 Å². The summed E-state index contributed by atoms with van der Waals surface area (Å²) in [6.07, 6.45) is 0.120. The van der Waals surface area contributed by atoms with Crippen LogP contribution in [0.1, 0.15) is 0 Å². The third-order valence-electron chi connectivity index (χ3n) is 3.20. The van der Waals surface area contributed by atoms with Crippen molar-refractivity contribution in [3.8, 4) is 0 Å². The van der Waals surface area contributed by atoms with Gasteiger partial charge in [-0.25, -0.2) is 0 Å². The molecule has 0 aliphatic carbocycles. The van der Waals surface area contributed by atoms with Gasteiger partial charge in [0.2, 0.25) is 0 Å². The van der Waals surface area contributed by atoms with Gasteiger partial charge in [-0.2, -0.15) is 0 Å². The number of methoxy groups -OCH3 is 3. The zero-order valence-electron chi connectivity index (χ0n) is 17.5. The minimum absolute atomic E-state index is 0.262. The maximum atomic E-state index is 6.46. The van der Waals surface area contributed by atoms with Gasteiger partial charge in [0.15, 0.2) is 16.6 Å². The van der Waals surface area contributed by atoms with E-state index in [0.717, 1.165) is 0 Å². The predicted octanol–water partition coefficient (Wildman–Crippen LogP) is 2.74. The van der Waals surface area contributed by atoms with Crippen LogP contribution in [0.15, 0.2) is 5.16 Å². The van der Waals surface area contributed by atoms with E-state index in [2.05, 4.69) is 44.4 Å². The van der Waals surface area contributed by atoms with E-state index < -0.39 is 28.8 Å². The standard InChI is InChI=1S/C16H37NO6Si2/c1-18-12-14(22-24(5,6)7)16(23-25(8,9)10)15(20-3)13(19-2)11-17-21-4/h11,13-16H,12H2,1-10H3/b17-11+. The first kappa shape index (κ1) is 24.7. The zero-order valence-corrected chi connectivity index (χ0v) is 19.5. The van der Waals surface area contributed by atoms with Crippen LogP contribution in [-0.4, -0.2) is 82.3 Å². The Bertz CT molecular complexity index is 384. The molecule has 0 aromatic carbocycles. The van der Waals surface area contributed by atoms with Crippen molar-refractivity contribution in [2.75, 3.05) is 35.0 Å². The average Bonchev–Trinajstić information content (AvgIpc) is 2.47. The van der Waals surface area contributed by atoms with Crippen molar-refractivity contribution < 1.29 is 27.9 Å². The van der Waals surface area contributed by atoms with E-state index in [1.54, 1.807) is 27.5 Å². The highest BCUT2D eigenvalue weighted by Crippen LogP contribution is 2.23. The van der Waals surface area contributed by atoms with Crippen LogP contribution >= 0.6 is 0 Å². The van der Waals surface area contributed by atoms with E-state index in [1.165, 1.54) is 7.11 Å². The van der Waals surface area contributed by atoms with Gasteiger partial charge in [-0.3, -0.25) is 0 Å². The predicted molar refractivity (Wildman–Crippen MR) is 105 cm³/mol. The molecule has 0 radical (unpaired) electrons. The van der Waals surface area contributed by atoms with Crippen LogP contribution in [-0.2, 0) is 27.9 Å².